The number of hydrogen-bond acceptors (Lipinski definition) is 3. The van der Waals surface area contributed by atoms with Crippen LogP contribution in [0.1, 0.15) is 32.1 Å². The highest BCUT2D eigenvalue weighted by Gasteiger charge is 2.38. The monoisotopic (exact) mass is 216 g/mol. The molecule has 0 aromatic carbocycles. The highest BCUT2D eigenvalue weighted by atomic mass is 19.1. The third-order valence-corrected chi connectivity index (χ3v) is 3.52. The zero-order valence-corrected chi connectivity index (χ0v) is 9.18. The molecule has 0 radical (unpaired) electrons. The van der Waals surface area contributed by atoms with Gasteiger partial charge >= 0.3 is 0 Å². The Kier molecular flexibility index (Phi) is 3.59. The fourth-order valence-electron chi connectivity index (χ4n) is 2.51. The van der Waals surface area contributed by atoms with Crippen LogP contribution >= 0.6 is 0 Å². The Morgan fingerprint density at radius 3 is 2.67 bits per heavy atom. The topological polar surface area (TPSA) is 47.3 Å². The van der Waals surface area contributed by atoms with Gasteiger partial charge in [0.05, 0.1) is 0 Å². The van der Waals surface area contributed by atoms with Gasteiger partial charge in [0.15, 0.2) is 0 Å². The van der Waals surface area contributed by atoms with Gasteiger partial charge in [-0.2, -0.15) is 0 Å². The molecule has 0 aromatic rings. The SMILES string of the molecule is NC1CCC(F)(CNC2CCOCC2)C1. The zero-order chi connectivity index (χ0) is 10.7. The van der Waals surface area contributed by atoms with E-state index in [1.54, 1.807) is 0 Å². The van der Waals surface area contributed by atoms with Crippen molar-refractivity contribution in [3.8, 4) is 0 Å². The van der Waals surface area contributed by atoms with Crippen molar-refractivity contribution in [1.29, 1.82) is 0 Å². The number of nitrogens with one attached hydrogen (secondary N) is 1. The van der Waals surface area contributed by atoms with Crippen molar-refractivity contribution in [3.05, 3.63) is 0 Å². The molecule has 2 unspecified atom stereocenters. The predicted molar refractivity (Wildman–Crippen MR) is 57.5 cm³/mol. The minimum atomic E-state index is -1.06. The van der Waals surface area contributed by atoms with Crippen LogP contribution in [0.25, 0.3) is 0 Å². The van der Waals surface area contributed by atoms with E-state index in [1.807, 2.05) is 0 Å². The van der Waals surface area contributed by atoms with Crippen LogP contribution in [-0.2, 0) is 4.74 Å². The summed E-state index contributed by atoms with van der Waals surface area (Å²) < 4.78 is 19.4. The van der Waals surface area contributed by atoms with Gasteiger partial charge in [-0.15, -0.1) is 0 Å². The van der Waals surface area contributed by atoms with Gasteiger partial charge in [0.1, 0.15) is 5.67 Å². The summed E-state index contributed by atoms with van der Waals surface area (Å²) in [6.07, 6.45) is 3.96. The van der Waals surface area contributed by atoms with Gasteiger partial charge in [0, 0.05) is 31.8 Å². The Bertz CT molecular complexity index is 209. The lowest BCUT2D eigenvalue weighted by Gasteiger charge is -2.27. The third-order valence-electron chi connectivity index (χ3n) is 3.52. The standard InChI is InChI=1S/C11H21FN2O/c12-11(4-1-9(13)7-11)8-14-10-2-5-15-6-3-10/h9-10,14H,1-8,13H2. The van der Waals surface area contributed by atoms with E-state index in [9.17, 15) is 4.39 Å². The van der Waals surface area contributed by atoms with Gasteiger partial charge in [-0.1, -0.05) is 0 Å². The minimum absolute atomic E-state index is 0.0616. The summed E-state index contributed by atoms with van der Waals surface area (Å²) in [6.45, 7) is 2.07. The third kappa shape index (κ3) is 3.13. The number of halogens is 1. The Morgan fingerprint density at radius 2 is 2.07 bits per heavy atom. The largest absolute Gasteiger partial charge is 0.381 e. The molecule has 1 saturated heterocycles. The first-order valence-electron chi connectivity index (χ1n) is 5.94. The highest BCUT2D eigenvalue weighted by molar-refractivity contribution is 4.94. The molecule has 3 nitrogen and oxygen atoms in total. The summed E-state index contributed by atoms with van der Waals surface area (Å²) in [6, 6.07) is 0.495. The molecular formula is C11H21FN2O. The number of rotatable bonds is 3. The number of hydrogen-bond donors (Lipinski definition) is 2. The Labute approximate surface area is 90.5 Å². The number of ether oxygens (including phenoxy) is 1. The predicted octanol–water partition coefficient (Wildman–Crippen LogP) is 0.974. The summed E-state index contributed by atoms with van der Waals surface area (Å²) in [7, 11) is 0. The van der Waals surface area contributed by atoms with Crippen molar-refractivity contribution in [2.45, 2.75) is 49.9 Å². The van der Waals surface area contributed by atoms with Gasteiger partial charge < -0.3 is 15.8 Å². The molecule has 4 heteroatoms. The normalized spacial score (nSPS) is 38.4. The Morgan fingerprint density at radius 1 is 1.33 bits per heavy atom. The Hall–Kier alpha value is -0.190. The van der Waals surface area contributed by atoms with E-state index in [0.29, 0.717) is 25.4 Å². The van der Waals surface area contributed by atoms with E-state index >= 15 is 0 Å². The van der Waals surface area contributed by atoms with Crippen LogP contribution in [0.5, 0.6) is 0 Å². The molecule has 2 rings (SSSR count). The summed E-state index contributed by atoms with van der Waals surface area (Å²) in [5.41, 5.74) is 4.67. The lowest BCUT2D eigenvalue weighted by atomic mass is 10.0. The highest BCUT2D eigenvalue weighted by Crippen LogP contribution is 2.32. The van der Waals surface area contributed by atoms with Crippen molar-refractivity contribution < 1.29 is 9.13 Å². The van der Waals surface area contributed by atoms with E-state index < -0.39 is 5.67 Å². The van der Waals surface area contributed by atoms with Crippen LogP contribution in [0.3, 0.4) is 0 Å². The van der Waals surface area contributed by atoms with Crippen LogP contribution in [-0.4, -0.2) is 37.5 Å². The molecule has 88 valence electrons. The van der Waals surface area contributed by atoms with Crippen molar-refractivity contribution >= 4 is 0 Å². The molecule has 2 fully saturated rings. The second-order valence-corrected chi connectivity index (χ2v) is 4.92. The molecule has 0 aromatic heterocycles. The molecule has 1 aliphatic heterocycles. The van der Waals surface area contributed by atoms with Gasteiger partial charge in [-0.05, 0) is 32.1 Å². The average molecular weight is 216 g/mol. The van der Waals surface area contributed by atoms with Crippen molar-refractivity contribution in [2.24, 2.45) is 5.73 Å². The maximum atomic E-state index is 14.1. The second kappa shape index (κ2) is 4.76. The zero-order valence-electron chi connectivity index (χ0n) is 9.18. The van der Waals surface area contributed by atoms with Gasteiger partial charge in [-0.3, -0.25) is 0 Å². The maximum Gasteiger partial charge on any atom is 0.125 e. The summed E-state index contributed by atoms with van der Waals surface area (Å²) in [5, 5.41) is 3.31. The summed E-state index contributed by atoms with van der Waals surface area (Å²) in [4.78, 5) is 0. The average Bonchev–Trinajstić information content (AvgIpc) is 2.58. The summed E-state index contributed by atoms with van der Waals surface area (Å²) in [5.74, 6) is 0. The Balaban J connectivity index is 1.72. The lowest BCUT2D eigenvalue weighted by Crippen LogP contribution is -2.43. The van der Waals surface area contributed by atoms with Gasteiger partial charge in [0.2, 0.25) is 0 Å². The van der Waals surface area contributed by atoms with Gasteiger partial charge in [-0.25, -0.2) is 4.39 Å². The van der Waals surface area contributed by atoms with Crippen LogP contribution in [0.2, 0.25) is 0 Å². The lowest BCUT2D eigenvalue weighted by molar-refractivity contribution is 0.0701. The molecule has 0 amide bonds. The molecule has 0 bridgehead atoms. The second-order valence-electron chi connectivity index (χ2n) is 4.92. The van der Waals surface area contributed by atoms with Crippen molar-refractivity contribution in [3.63, 3.8) is 0 Å². The number of nitrogens with two attached hydrogens (primary N) is 1. The maximum absolute atomic E-state index is 14.1. The molecule has 15 heavy (non-hydrogen) atoms. The first-order valence-corrected chi connectivity index (χ1v) is 5.94. The van der Waals surface area contributed by atoms with Crippen LogP contribution in [0.15, 0.2) is 0 Å². The molecule has 1 aliphatic carbocycles. The molecule has 0 spiro atoms. The molecule has 2 atom stereocenters. The van der Waals surface area contributed by atoms with Crippen molar-refractivity contribution in [1.82, 2.24) is 5.32 Å². The van der Waals surface area contributed by atoms with Crippen LogP contribution < -0.4 is 11.1 Å². The molecular weight excluding hydrogens is 195 g/mol. The quantitative estimate of drug-likeness (QED) is 0.739. The fraction of sp³-hybridized carbons (Fsp3) is 1.00. The van der Waals surface area contributed by atoms with E-state index in [-0.39, 0.29) is 6.04 Å². The van der Waals surface area contributed by atoms with E-state index in [0.717, 1.165) is 32.5 Å². The van der Waals surface area contributed by atoms with Crippen LogP contribution in [0.4, 0.5) is 4.39 Å². The molecule has 1 saturated carbocycles. The van der Waals surface area contributed by atoms with Crippen LogP contribution in [0, 0.1) is 0 Å². The smallest absolute Gasteiger partial charge is 0.125 e. The minimum Gasteiger partial charge on any atom is -0.381 e. The molecule has 2 aliphatic rings. The van der Waals surface area contributed by atoms with E-state index in [4.69, 9.17) is 10.5 Å². The van der Waals surface area contributed by atoms with E-state index in [1.165, 1.54) is 0 Å². The first kappa shape index (κ1) is 11.3. The molecule has 1 heterocycles. The van der Waals surface area contributed by atoms with Gasteiger partial charge in [0.25, 0.3) is 0 Å². The van der Waals surface area contributed by atoms with Crippen molar-refractivity contribution in [2.75, 3.05) is 19.8 Å². The summed E-state index contributed by atoms with van der Waals surface area (Å²) >= 11 is 0. The number of alkyl halides is 1. The molecule has 3 N–H and O–H groups in total. The first-order chi connectivity index (χ1) is 7.18. The fourth-order valence-corrected chi connectivity index (χ4v) is 2.51. The van der Waals surface area contributed by atoms with E-state index in [2.05, 4.69) is 5.32 Å².